The largest absolute Gasteiger partial charge is 0.396 e. The van der Waals surface area contributed by atoms with Gasteiger partial charge < -0.3 is 21.7 Å². The summed E-state index contributed by atoms with van der Waals surface area (Å²) in [5, 5.41) is 7.15. The van der Waals surface area contributed by atoms with E-state index in [-0.39, 0.29) is 28.8 Å². The van der Waals surface area contributed by atoms with Gasteiger partial charge in [-0.2, -0.15) is 5.10 Å². The van der Waals surface area contributed by atoms with Crippen LogP contribution in [0.4, 0.5) is 21.6 Å². The maximum atomic E-state index is 14.1. The standard InChI is InChI=1S/C21H25FN8O/c1-29-21(30-9-4-5-13(23)8-10-30)17(12-26-29)27-20(31)18-16(24)11-25-19(28-18)14-6-2-3-7-15(14)22/h2-3,6-7,11-13H,4-5,8-10,23-24H2,1H3,(H,27,31)/t13-/m0/s1. The molecule has 0 saturated carbocycles. The Morgan fingerprint density at radius 2 is 2.03 bits per heavy atom. The van der Waals surface area contributed by atoms with Crippen molar-refractivity contribution < 1.29 is 9.18 Å². The predicted octanol–water partition coefficient (Wildman–Crippen LogP) is 2.17. The molecular weight excluding hydrogens is 399 g/mol. The van der Waals surface area contributed by atoms with Crippen molar-refractivity contribution in [3.8, 4) is 11.4 Å². The van der Waals surface area contributed by atoms with Gasteiger partial charge in [-0.3, -0.25) is 9.48 Å². The lowest BCUT2D eigenvalue weighted by Gasteiger charge is -2.24. The van der Waals surface area contributed by atoms with E-state index in [0.29, 0.717) is 5.69 Å². The molecule has 0 spiro atoms. The van der Waals surface area contributed by atoms with Gasteiger partial charge in [0, 0.05) is 26.2 Å². The van der Waals surface area contributed by atoms with Crippen LogP contribution in [0.3, 0.4) is 0 Å². The van der Waals surface area contributed by atoms with Crippen molar-refractivity contribution in [2.24, 2.45) is 12.8 Å². The highest BCUT2D eigenvalue weighted by Gasteiger charge is 2.23. The molecule has 1 saturated heterocycles. The number of nitrogens with two attached hydrogens (primary N) is 2. The van der Waals surface area contributed by atoms with Crippen LogP contribution in [0.1, 0.15) is 29.8 Å². The van der Waals surface area contributed by atoms with Gasteiger partial charge in [0.15, 0.2) is 17.3 Å². The van der Waals surface area contributed by atoms with Crippen molar-refractivity contribution in [3.05, 3.63) is 48.2 Å². The summed E-state index contributed by atoms with van der Waals surface area (Å²) in [6.07, 6.45) is 5.69. The highest BCUT2D eigenvalue weighted by atomic mass is 19.1. The molecule has 0 aliphatic carbocycles. The van der Waals surface area contributed by atoms with Crippen molar-refractivity contribution in [3.63, 3.8) is 0 Å². The second kappa shape index (κ2) is 8.68. The zero-order valence-corrected chi connectivity index (χ0v) is 17.3. The van der Waals surface area contributed by atoms with Crippen LogP contribution in [-0.2, 0) is 7.05 Å². The first-order chi connectivity index (χ1) is 14.9. The first kappa shape index (κ1) is 20.7. The summed E-state index contributed by atoms with van der Waals surface area (Å²) in [5.74, 6) is -0.111. The molecule has 162 valence electrons. The van der Waals surface area contributed by atoms with Gasteiger partial charge in [-0.15, -0.1) is 0 Å². The number of carbonyl (C=O) groups is 1. The number of rotatable bonds is 4. The third-order valence-electron chi connectivity index (χ3n) is 5.37. The minimum absolute atomic E-state index is 0.0269. The van der Waals surface area contributed by atoms with Crippen molar-refractivity contribution in [2.75, 3.05) is 29.0 Å². The maximum Gasteiger partial charge on any atom is 0.276 e. The number of nitrogens with zero attached hydrogens (tertiary/aromatic N) is 5. The smallest absolute Gasteiger partial charge is 0.276 e. The SMILES string of the molecule is Cn1ncc(NC(=O)c2nc(-c3ccccc3F)ncc2N)c1N1CCC[C@H](N)CC1. The summed E-state index contributed by atoms with van der Waals surface area (Å²) in [4.78, 5) is 23.5. The Balaban J connectivity index is 1.61. The van der Waals surface area contributed by atoms with Crippen LogP contribution >= 0.6 is 0 Å². The van der Waals surface area contributed by atoms with E-state index in [1.54, 1.807) is 29.1 Å². The maximum absolute atomic E-state index is 14.1. The Morgan fingerprint density at radius 3 is 2.84 bits per heavy atom. The van der Waals surface area contributed by atoms with Gasteiger partial charge in [-0.1, -0.05) is 12.1 Å². The number of halogens is 1. The molecule has 3 heterocycles. The van der Waals surface area contributed by atoms with Crippen molar-refractivity contribution >= 4 is 23.1 Å². The topological polar surface area (TPSA) is 128 Å². The molecule has 5 N–H and O–H groups in total. The highest BCUT2D eigenvalue weighted by molar-refractivity contribution is 6.07. The van der Waals surface area contributed by atoms with Crippen LogP contribution in [0.5, 0.6) is 0 Å². The monoisotopic (exact) mass is 424 g/mol. The first-order valence-corrected chi connectivity index (χ1v) is 10.2. The van der Waals surface area contributed by atoms with Crippen LogP contribution < -0.4 is 21.7 Å². The van der Waals surface area contributed by atoms with E-state index in [1.807, 2.05) is 7.05 Å². The Hall–Kier alpha value is -3.53. The van der Waals surface area contributed by atoms with Crippen LogP contribution in [0, 0.1) is 5.82 Å². The molecule has 10 heteroatoms. The number of aryl methyl sites for hydroxylation is 1. The number of aromatic nitrogens is 4. The second-order valence-electron chi connectivity index (χ2n) is 7.62. The Morgan fingerprint density at radius 1 is 1.23 bits per heavy atom. The van der Waals surface area contributed by atoms with Gasteiger partial charge in [0.05, 0.1) is 23.6 Å². The third-order valence-corrected chi connectivity index (χ3v) is 5.37. The highest BCUT2D eigenvalue weighted by Crippen LogP contribution is 2.28. The van der Waals surface area contributed by atoms with E-state index >= 15 is 0 Å². The number of hydrogen-bond acceptors (Lipinski definition) is 7. The predicted molar refractivity (Wildman–Crippen MR) is 117 cm³/mol. The van der Waals surface area contributed by atoms with Crippen LogP contribution in [0.25, 0.3) is 11.4 Å². The summed E-state index contributed by atoms with van der Waals surface area (Å²) in [5.41, 5.74) is 12.9. The lowest BCUT2D eigenvalue weighted by atomic mass is 10.1. The molecule has 31 heavy (non-hydrogen) atoms. The number of amides is 1. The zero-order chi connectivity index (χ0) is 22.0. The number of anilines is 3. The molecule has 3 aromatic rings. The second-order valence-corrected chi connectivity index (χ2v) is 7.62. The summed E-state index contributed by atoms with van der Waals surface area (Å²) >= 11 is 0. The third kappa shape index (κ3) is 4.33. The Kier molecular flexibility index (Phi) is 5.81. The molecule has 0 bridgehead atoms. The number of hydrogen-bond donors (Lipinski definition) is 3. The van der Waals surface area contributed by atoms with Crippen LogP contribution in [-0.4, -0.2) is 44.8 Å². The molecule has 1 amide bonds. The van der Waals surface area contributed by atoms with Crippen LogP contribution in [0.2, 0.25) is 0 Å². The summed E-state index contributed by atoms with van der Waals surface area (Å²) in [6.45, 7) is 1.60. The summed E-state index contributed by atoms with van der Waals surface area (Å²) in [6, 6.07) is 6.28. The number of nitrogen functional groups attached to an aromatic ring is 1. The minimum atomic E-state index is -0.515. The number of nitrogens with one attached hydrogen (secondary N) is 1. The van der Waals surface area contributed by atoms with Crippen molar-refractivity contribution in [1.29, 1.82) is 0 Å². The van der Waals surface area contributed by atoms with Gasteiger partial charge in [0.25, 0.3) is 5.91 Å². The van der Waals surface area contributed by atoms with Crippen molar-refractivity contribution in [2.45, 2.75) is 25.3 Å². The number of benzene rings is 1. The van der Waals surface area contributed by atoms with Gasteiger partial charge in [0.2, 0.25) is 0 Å². The quantitative estimate of drug-likeness (QED) is 0.585. The lowest BCUT2D eigenvalue weighted by molar-refractivity contribution is 0.102. The van der Waals surface area contributed by atoms with E-state index in [0.717, 1.165) is 38.2 Å². The molecule has 9 nitrogen and oxygen atoms in total. The molecule has 1 aromatic carbocycles. The Bertz CT molecular complexity index is 1100. The molecular formula is C21H25FN8O. The fraction of sp³-hybridized carbons (Fsp3) is 0.333. The van der Waals surface area contributed by atoms with E-state index in [4.69, 9.17) is 11.5 Å². The molecule has 1 fully saturated rings. The first-order valence-electron chi connectivity index (χ1n) is 10.2. The van der Waals surface area contributed by atoms with Gasteiger partial charge in [0.1, 0.15) is 11.5 Å². The normalized spacial score (nSPS) is 16.7. The van der Waals surface area contributed by atoms with Gasteiger partial charge in [-0.05, 0) is 31.4 Å². The zero-order valence-electron chi connectivity index (χ0n) is 17.3. The minimum Gasteiger partial charge on any atom is -0.396 e. The Labute approximate surface area is 179 Å². The van der Waals surface area contributed by atoms with E-state index in [1.165, 1.54) is 12.3 Å². The van der Waals surface area contributed by atoms with Gasteiger partial charge >= 0.3 is 0 Å². The van der Waals surface area contributed by atoms with E-state index in [9.17, 15) is 9.18 Å². The fourth-order valence-corrected chi connectivity index (χ4v) is 3.76. The molecule has 0 radical (unpaired) electrons. The van der Waals surface area contributed by atoms with Crippen LogP contribution in [0.15, 0.2) is 36.7 Å². The molecule has 0 unspecified atom stereocenters. The molecule has 4 rings (SSSR count). The van der Waals surface area contributed by atoms with Gasteiger partial charge in [-0.25, -0.2) is 14.4 Å². The van der Waals surface area contributed by atoms with E-state index in [2.05, 4.69) is 25.3 Å². The molecule has 2 aromatic heterocycles. The van der Waals surface area contributed by atoms with Crippen molar-refractivity contribution in [1.82, 2.24) is 19.7 Å². The summed E-state index contributed by atoms with van der Waals surface area (Å²) in [7, 11) is 1.82. The molecule has 1 aliphatic rings. The average Bonchev–Trinajstić information content (AvgIpc) is 2.97. The van der Waals surface area contributed by atoms with E-state index < -0.39 is 11.7 Å². The molecule has 1 atom stereocenters. The molecule has 1 aliphatic heterocycles. The fourth-order valence-electron chi connectivity index (χ4n) is 3.76. The lowest BCUT2D eigenvalue weighted by Crippen LogP contribution is -2.29. The summed E-state index contributed by atoms with van der Waals surface area (Å²) < 4.78 is 15.9. The average molecular weight is 424 g/mol. The number of carbonyl (C=O) groups excluding carboxylic acids is 1.